The summed E-state index contributed by atoms with van der Waals surface area (Å²) in [6, 6.07) is 4.00. The second-order valence-corrected chi connectivity index (χ2v) is 6.61. The molecule has 0 saturated heterocycles. The second kappa shape index (κ2) is 6.85. The van der Waals surface area contributed by atoms with E-state index in [-0.39, 0.29) is 11.3 Å². The lowest BCUT2D eigenvalue weighted by molar-refractivity contribution is -0.139. The number of benzene rings is 1. The normalized spacial score (nSPS) is 13.2. The van der Waals surface area contributed by atoms with Crippen LogP contribution in [0.25, 0.3) is 0 Å². The molecule has 0 spiro atoms. The van der Waals surface area contributed by atoms with E-state index in [4.69, 9.17) is 5.11 Å². The van der Waals surface area contributed by atoms with Gasteiger partial charge in [-0.3, -0.25) is 4.79 Å². The summed E-state index contributed by atoms with van der Waals surface area (Å²) in [6.07, 6.45) is 1.76. The number of carbonyl (C=O) groups is 1. The summed E-state index contributed by atoms with van der Waals surface area (Å²) < 4.78 is 26.9. The predicted molar refractivity (Wildman–Crippen MR) is 77.2 cm³/mol. The largest absolute Gasteiger partial charge is 0.480 e. The summed E-state index contributed by atoms with van der Waals surface area (Å²) >= 11 is 0. The molecule has 0 heterocycles. The molecule has 1 aromatic rings. The zero-order chi connectivity index (χ0) is 15.3. The molecule has 0 aliphatic carbocycles. The first-order valence-electron chi connectivity index (χ1n) is 6.60. The van der Waals surface area contributed by atoms with Gasteiger partial charge < -0.3 is 5.11 Å². The zero-order valence-electron chi connectivity index (χ0n) is 12.0. The lowest BCUT2D eigenvalue weighted by Crippen LogP contribution is -2.40. The number of sulfonamides is 1. The van der Waals surface area contributed by atoms with Crippen LogP contribution in [0.4, 0.5) is 0 Å². The molecule has 5 nitrogen and oxygen atoms in total. The van der Waals surface area contributed by atoms with Gasteiger partial charge in [0.05, 0.1) is 4.90 Å². The number of hydrogen-bond acceptors (Lipinski definition) is 3. The molecule has 112 valence electrons. The van der Waals surface area contributed by atoms with Crippen molar-refractivity contribution in [3.8, 4) is 0 Å². The molecule has 1 aromatic carbocycles. The average molecular weight is 299 g/mol. The summed E-state index contributed by atoms with van der Waals surface area (Å²) in [5.41, 5.74) is 1.42. The number of carboxylic acids is 1. The van der Waals surface area contributed by atoms with Crippen molar-refractivity contribution in [2.75, 3.05) is 0 Å². The summed E-state index contributed by atoms with van der Waals surface area (Å²) in [4.78, 5) is 11.3. The first-order chi connectivity index (χ1) is 9.27. The molecule has 2 N–H and O–H groups in total. The molecule has 0 amide bonds. The van der Waals surface area contributed by atoms with E-state index in [0.717, 1.165) is 12.0 Å². The average Bonchev–Trinajstić information content (AvgIpc) is 2.36. The highest BCUT2D eigenvalue weighted by Gasteiger charge is 2.25. The highest BCUT2D eigenvalue weighted by molar-refractivity contribution is 7.89. The van der Waals surface area contributed by atoms with E-state index in [2.05, 4.69) is 4.72 Å². The maximum Gasteiger partial charge on any atom is 0.321 e. The van der Waals surface area contributed by atoms with Crippen molar-refractivity contribution < 1.29 is 18.3 Å². The molecule has 1 unspecified atom stereocenters. The van der Waals surface area contributed by atoms with Crippen LogP contribution in [0.5, 0.6) is 0 Å². The Morgan fingerprint density at radius 3 is 2.55 bits per heavy atom. The third kappa shape index (κ3) is 4.31. The first kappa shape index (κ1) is 16.7. The number of aryl methyl sites for hydroxylation is 2. The third-order valence-corrected chi connectivity index (χ3v) is 4.69. The Labute approximate surface area is 120 Å². The molecule has 1 atom stereocenters. The number of unbranched alkanes of at least 4 members (excludes halogenated alkanes) is 1. The van der Waals surface area contributed by atoms with Crippen LogP contribution in [0, 0.1) is 13.8 Å². The van der Waals surface area contributed by atoms with Gasteiger partial charge in [0.2, 0.25) is 10.0 Å². The topological polar surface area (TPSA) is 83.5 Å². The predicted octanol–water partition coefficient (Wildman–Crippen LogP) is 2.23. The zero-order valence-corrected chi connectivity index (χ0v) is 12.8. The van der Waals surface area contributed by atoms with Crippen molar-refractivity contribution in [1.82, 2.24) is 4.72 Å². The van der Waals surface area contributed by atoms with E-state index in [1.54, 1.807) is 26.0 Å². The summed E-state index contributed by atoms with van der Waals surface area (Å²) in [6.45, 7) is 5.41. The van der Waals surface area contributed by atoms with Gasteiger partial charge >= 0.3 is 5.97 Å². The quantitative estimate of drug-likeness (QED) is 0.808. The van der Waals surface area contributed by atoms with E-state index < -0.39 is 22.0 Å². The Kier molecular flexibility index (Phi) is 5.71. The van der Waals surface area contributed by atoms with Gasteiger partial charge in [-0.05, 0) is 37.5 Å². The van der Waals surface area contributed by atoms with Crippen molar-refractivity contribution >= 4 is 16.0 Å². The number of hydrogen-bond donors (Lipinski definition) is 2. The highest BCUT2D eigenvalue weighted by atomic mass is 32.2. The lowest BCUT2D eigenvalue weighted by atomic mass is 10.1. The maximum atomic E-state index is 12.3. The van der Waals surface area contributed by atoms with Gasteiger partial charge in [0, 0.05) is 0 Å². The van der Waals surface area contributed by atoms with Gasteiger partial charge in [-0.2, -0.15) is 4.72 Å². The van der Waals surface area contributed by atoms with E-state index in [9.17, 15) is 13.2 Å². The molecule has 6 heteroatoms. The Hall–Kier alpha value is -1.40. The SMILES string of the molecule is CCCCC(NS(=O)(=O)c1cc(C)ccc1C)C(=O)O. The molecule has 0 bridgehead atoms. The van der Waals surface area contributed by atoms with Crippen LogP contribution < -0.4 is 4.72 Å². The molecule has 0 fully saturated rings. The Balaban J connectivity index is 3.03. The monoisotopic (exact) mass is 299 g/mol. The summed E-state index contributed by atoms with van der Waals surface area (Å²) in [5, 5.41) is 9.11. The van der Waals surface area contributed by atoms with Crippen LogP contribution >= 0.6 is 0 Å². The van der Waals surface area contributed by atoms with Crippen LogP contribution in [0.3, 0.4) is 0 Å². The van der Waals surface area contributed by atoms with Crippen LogP contribution in [0.1, 0.15) is 37.3 Å². The van der Waals surface area contributed by atoms with Crippen molar-refractivity contribution in [1.29, 1.82) is 0 Å². The van der Waals surface area contributed by atoms with Gasteiger partial charge in [0.15, 0.2) is 0 Å². The Morgan fingerprint density at radius 2 is 2.00 bits per heavy atom. The minimum Gasteiger partial charge on any atom is -0.480 e. The molecule has 0 aromatic heterocycles. The van der Waals surface area contributed by atoms with Crippen molar-refractivity contribution in [2.24, 2.45) is 0 Å². The van der Waals surface area contributed by atoms with Gasteiger partial charge in [-0.25, -0.2) is 8.42 Å². The summed E-state index contributed by atoms with van der Waals surface area (Å²) in [7, 11) is -3.82. The molecule has 20 heavy (non-hydrogen) atoms. The first-order valence-corrected chi connectivity index (χ1v) is 8.08. The maximum absolute atomic E-state index is 12.3. The van der Waals surface area contributed by atoms with Crippen LogP contribution in [-0.4, -0.2) is 25.5 Å². The van der Waals surface area contributed by atoms with Crippen molar-refractivity contribution in [2.45, 2.75) is 51.0 Å². The Bertz CT molecular complexity index is 581. The number of carboxylic acid groups (broad SMARTS) is 1. The third-order valence-electron chi connectivity index (χ3n) is 3.08. The van der Waals surface area contributed by atoms with Gasteiger partial charge in [-0.1, -0.05) is 31.9 Å². The lowest BCUT2D eigenvalue weighted by Gasteiger charge is -2.16. The van der Waals surface area contributed by atoms with E-state index in [1.165, 1.54) is 0 Å². The second-order valence-electron chi connectivity index (χ2n) is 4.92. The van der Waals surface area contributed by atoms with E-state index in [0.29, 0.717) is 12.0 Å². The minimum absolute atomic E-state index is 0.139. The smallest absolute Gasteiger partial charge is 0.321 e. The molecule has 0 radical (unpaired) electrons. The van der Waals surface area contributed by atoms with Crippen LogP contribution in [0.2, 0.25) is 0 Å². The molecule has 0 aliphatic heterocycles. The fourth-order valence-electron chi connectivity index (χ4n) is 1.89. The van der Waals surface area contributed by atoms with Crippen LogP contribution in [0.15, 0.2) is 23.1 Å². The van der Waals surface area contributed by atoms with Gasteiger partial charge in [-0.15, -0.1) is 0 Å². The molecular weight excluding hydrogens is 278 g/mol. The molecule has 1 rings (SSSR count). The minimum atomic E-state index is -3.82. The number of nitrogens with one attached hydrogen (secondary N) is 1. The van der Waals surface area contributed by atoms with Gasteiger partial charge in [0.25, 0.3) is 0 Å². The van der Waals surface area contributed by atoms with Crippen molar-refractivity contribution in [3.63, 3.8) is 0 Å². The summed E-state index contributed by atoms with van der Waals surface area (Å²) in [5.74, 6) is -1.15. The van der Waals surface area contributed by atoms with E-state index in [1.807, 2.05) is 13.0 Å². The number of rotatable bonds is 7. The van der Waals surface area contributed by atoms with Gasteiger partial charge in [0.1, 0.15) is 6.04 Å². The van der Waals surface area contributed by atoms with E-state index >= 15 is 0 Å². The van der Waals surface area contributed by atoms with Crippen LogP contribution in [-0.2, 0) is 14.8 Å². The molecule has 0 saturated carbocycles. The number of aliphatic carboxylic acids is 1. The fraction of sp³-hybridized carbons (Fsp3) is 0.500. The Morgan fingerprint density at radius 1 is 1.35 bits per heavy atom. The molecular formula is C14H21NO4S. The standard InChI is InChI=1S/C14H21NO4S/c1-4-5-6-12(14(16)17)15-20(18,19)13-9-10(2)7-8-11(13)3/h7-9,12,15H,4-6H2,1-3H3,(H,16,17). The molecule has 0 aliphatic rings. The fourth-order valence-corrected chi connectivity index (χ4v) is 3.44. The van der Waals surface area contributed by atoms with Crippen molar-refractivity contribution in [3.05, 3.63) is 29.3 Å². The highest BCUT2D eigenvalue weighted by Crippen LogP contribution is 2.17.